The third kappa shape index (κ3) is 5.03. The predicted molar refractivity (Wildman–Crippen MR) is 113 cm³/mol. The fourth-order valence-electron chi connectivity index (χ4n) is 2.20. The zero-order chi connectivity index (χ0) is 17.8. The molecule has 0 aliphatic rings. The zero-order valence-corrected chi connectivity index (χ0v) is 17.9. The number of thiazole rings is 2. The summed E-state index contributed by atoms with van der Waals surface area (Å²) in [4.78, 5) is 21.1. The smallest absolute Gasteiger partial charge is 0.223 e. The highest BCUT2D eigenvalue weighted by Gasteiger charge is 2.14. The molecule has 2 aromatic heterocycles. The first-order valence-corrected chi connectivity index (χ1v) is 9.45. The van der Waals surface area contributed by atoms with E-state index >= 15 is 0 Å². The number of amides is 1. The van der Waals surface area contributed by atoms with Crippen molar-refractivity contribution >= 4 is 61.5 Å². The van der Waals surface area contributed by atoms with Crippen molar-refractivity contribution in [1.82, 2.24) is 9.97 Å². The molecule has 0 saturated carbocycles. The van der Waals surface area contributed by atoms with Crippen molar-refractivity contribution in [3.63, 3.8) is 0 Å². The van der Waals surface area contributed by atoms with Crippen molar-refractivity contribution in [2.24, 2.45) is 0 Å². The molecule has 0 atom stereocenters. The summed E-state index contributed by atoms with van der Waals surface area (Å²) < 4.78 is 5.44. The van der Waals surface area contributed by atoms with E-state index in [9.17, 15) is 4.79 Å². The largest absolute Gasteiger partial charge is 0.494 e. The second-order valence-electron chi connectivity index (χ2n) is 5.24. The molecule has 0 radical (unpaired) electrons. The minimum Gasteiger partial charge on any atom is -0.494 e. The van der Waals surface area contributed by atoms with E-state index in [2.05, 4.69) is 20.6 Å². The van der Waals surface area contributed by atoms with Gasteiger partial charge in [0, 0.05) is 18.0 Å². The van der Waals surface area contributed by atoms with E-state index in [0.717, 1.165) is 32.8 Å². The molecular weight excluding hydrogens is 436 g/mol. The molecule has 0 aliphatic heterocycles. The Labute approximate surface area is 170 Å². The number of ether oxygens (including phenoxy) is 1. The summed E-state index contributed by atoms with van der Waals surface area (Å²) >= 11 is 2.95. The Morgan fingerprint density at radius 3 is 2.58 bits per heavy atom. The number of nitrogens with zero attached hydrogens (tertiary/aromatic N) is 2. The standard InChI is InChI=1S/C17H18N4O2S2.BrH/c1-4-23-13-7-5-12(6-8-13)20-16-21-14(9-24-16)15-10(2)18-17(25-15)19-11(3)22;/h5-9H,4H2,1-3H3,(H,20,21)(H,18,19,22);1H. The van der Waals surface area contributed by atoms with Crippen LogP contribution < -0.4 is 15.4 Å². The molecule has 9 heteroatoms. The minimum absolute atomic E-state index is 0. The van der Waals surface area contributed by atoms with Gasteiger partial charge < -0.3 is 15.4 Å². The summed E-state index contributed by atoms with van der Waals surface area (Å²) in [5, 5.41) is 9.37. The number of nitrogens with one attached hydrogen (secondary N) is 2. The third-order valence-electron chi connectivity index (χ3n) is 3.23. The molecule has 0 aliphatic carbocycles. The molecule has 0 bridgehead atoms. The number of carbonyl (C=O) groups excluding carboxylic acids is 1. The van der Waals surface area contributed by atoms with Gasteiger partial charge in [-0.25, -0.2) is 9.97 Å². The molecule has 1 aromatic carbocycles. The lowest BCUT2D eigenvalue weighted by Gasteiger charge is -2.05. The average molecular weight is 455 g/mol. The van der Waals surface area contributed by atoms with Crippen molar-refractivity contribution in [2.45, 2.75) is 20.8 Å². The second-order valence-corrected chi connectivity index (χ2v) is 7.09. The molecule has 0 unspecified atom stereocenters. The SMILES string of the molecule is Br.CCOc1ccc(Nc2nc(-c3sc(NC(C)=O)nc3C)cs2)cc1. The van der Waals surface area contributed by atoms with E-state index in [1.54, 1.807) is 0 Å². The second kappa shape index (κ2) is 9.11. The molecule has 138 valence electrons. The summed E-state index contributed by atoms with van der Waals surface area (Å²) in [6.07, 6.45) is 0. The molecule has 1 amide bonds. The van der Waals surface area contributed by atoms with Gasteiger partial charge in [-0.3, -0.25) is 4.79 Å². The van der Waals surface area contributed by atoms with Gasteiger partial charge in [0.25, 0.3) is 0 Å². The summed E-state index contributed by atoms with van der Waals surface area (Å²) in [5.41, 5.74) is 2.65. The zero-order valence-electron chi connectivity index (χ0n) is 14.5. The average Bonchev–Trinajstić information content (AvgIpc) is 3.15. The van der Waals surface area contributed by atoms with Crippen molar-refractivity contribution in [3.05, 3.63) is 35.3 Å². The number of aryl methyl sites for hydroxylation is 1. The number of aromatic nitrogens is 2. The first-order chi connectivity index (χ1) is 12.0. The van der Waals surface area contributed by atoms with Crippen LogP contribution in [0.3, 0.4) is 0 Å². The first-order valence-electron chi connectivity index (χ1n) is 7.76. The molecule has 0 spiro atoms. The van der Waals surface area contributed by atoms with Crippen LogP contribution in [0.2, 0.25) is 0 Å². The van der Waals surface area contributed by atoms with Gasteiger partial charge in [0.15, 0.2) is 10.3 Å². The van der Waals surface area contributed by atoms with Gasteiger partial charge in [0.05, 0.1) is 22.9 Å². The molecule has 3 aromatic rings. The summed E-state index contributed by atoms with van der Waals surface area (Å²) in [5.74, 6) is 0.718. The number of halogens is 1. The van der Waals surface area contributed by atoms with Crippen LogP contribution in [0.15, 0.2) is 29.6 Å². The normalized spacial score (nSPS) is 10.1. The van der Waals surface area contributed by atoms with Gasteiger partial charge in [-0.15, -0.1) is 28.3 Å². The highest BCUT2D eigenvalue weighted by Crippen LogP contribution is 2.35. The maximum Gasteiger partial charge on any atom is 0.223 e. The number of hydrogen-bond donors (Lipinski definition) is 2. The van der Waals surface area contributed by atoms with E-state index in [1.807, 2.05) is 43.5 Å². The lowest BCUT2D eigenvalue weighted by atomic mass is 10.3. The molecule has 6 nitrogen and oxygen atoms in total. The van der Waals surface area contributed by atoms with Crippen LogP contribution in [0, 0.1) is 6.92 Å². The Balaban J connectivity index is 0.00000243. The van der Waals surface area contributed by atoms with Crippen LogP contribution in [0.25, 0.3) is 10.6 Å². The fourth-order valence-corrected chi connectivity index (χ4v) is 3.97. The Kier molecular flexibility index (Phi) is 7.13. The van der Waals surface area contributed by atoms with Gasteiger partial charge in [0.2, 0.25) is 5.91 Å². The molecule has 3 rings (SSSR count). The Bertz CT molecular complexity index is 877. The topological polar surface area (TPSA) is 76.1 Å². The van der Waals surface area contributed by atoms with Gasteiger partial charge >= 0.3 is 0 Å². The number of rotatable bonds is 6. The van der Waals surface area contributed by atoms with Gasteiger partial charge in [-0.2, -0.15) is 0 Å². The lowest BCUT2D eigenvalue weighted by molar-refractivity contribution is -0.114. The van der Waals surface area contributed by atoms with E-state index < -0.39 is 0 Å². The van der Waals surface area contributed by atoms with Crippen LogP contribution in [0.5, 0.6) is 5.75 Å². The van der Waals surface area contributed by atoms with Crippen LogP contribution in [-0.4, -0.2) is 22.5 Å². The maximum atomic E-state index is 11.2. The highest BCUT2D eigenvalue weighted by molar-refractivity contribution is 8.93. The van der Waals surface area contributed by atoms with Crippen LogP contribution in [0.4, 0.5) is 16.0 Å². The Morgan fingerprint density at radius 2 is 1.92 bits per heavy atom. The van der Waals surface area contributed by atoms with E-state index in [1.165, 1.54) is 29.6 Å². The number of carbonyl (C=O) groups is 1. The molecule has 2 N–H and O–H groups in total. The molecule has 2 heterocycles. The molecule has 26 heavy (non-hydrogen) atoms. The Morgan fingerprint density at radius 1 is 1.19 bits per heavy atom. The van der Waals surface area contributed by atoms with Crippen LogP contribution in [0.1, 0.15) is 19.5 Å². The predicted octanol–water partition coefficient (Wildman–Crippen LogP) is 5.25. The Hall–Kier alpha value is -1.97. The van der Waals surface area contributed by atoms with E-state index in [4.69, 9.17) is 4.74 Å². The van der Waals surface area contributed by atoms with Gasteiger partial charge in [0.1, 0.15) is 5.75 Å². The number of benzene rings is 1. The first kappa shape index (κ1) is 20.3. The minimum atomic E-state index is -0.128. The summed E-state index contributed by atoms with van der Waals surface area (Å²) in [7, 11) is 0. The number of hydrogen-bond acceptors (Lipinski definition) is 7. The lowest BCUT2D eigenvalue weighted by Crippen LogP contribution is -2.04. The summed E-state index contributed by atoms with van der Waals surface area (Å²) in [6.45, 7) is 5.99. The maximum absolute atomic E-state index is 11.2. The fraction of sp³-hybridized carbons (Fsp3) is 0.235. The quantitative estimate of drug-likeness (QED) is 0.531. The highest BCUT2D eigenvalue weighted by atomic mass is 79.9. The molecule has 0 saturated heterocycles. The van der Waals surface area contributed by atoms with Crippen LogP contribution >= 0.6 is 39.7 Å². The number of anilines is 3. The van der Waals surface area contributed by atoms with E-state index in [0.29, 0.717) is 11.7 Å². The van der Waals surface area contributed by atoms with Crippen molar-refractivity contribution in [2.75, 3.05) is 17.2 Å². The van der Waals surface area contributed by atoms with E-state index in [-0.39, 0.29) is 22.9 Å². The van der Waals surface area contributed by atoms with Crippen LogP contribution in [-0.2, 0) is 4.79 Å². The van der Waals surface area contributed by atoms with Gasteiger partial charge in [-0.05, 0) is 38.1 Å². The van der Waals surface area contributed by atoms with Crippen molar-refractivity contribution in [3.8, 4) is 16.3 Å². The third-order valence-corrected chi connectivity index (χ3v) is 5.09. The van der Waals surface area contributed by atoms with Gasteiger partial charge in [-0.1, -0.05) is 11.3 Å². The molecule has 0 fully saturated rings. The van der Waals surface area contributed by atoms with Crippen molar-refractivity contribution in [1.29, 1.82) is 0 Å². The monoisotopic (exact) mass is 454 g/mol. The molecular formula is C17H19BrN4O2S2. The summed E-state index contributed by atoms with van der Waals surface area (Å²) in [6, 6.07) is 7.76. The van der Waals surface area contributed by atoms with Crippen molar-refractivity contribution < 1.29 is 9.53 Å².